The van der Waals surface area contributed by atoms with Crippen molar-refractivity contribution < 1.29 is 22.3 Å². The first kappa shape index (κ1) is 21.8. The smallest absolute Gasteiger partial charge is 0.262 e. The van der Waals surface area contributed by atoms with E-state index in [-0.39, 0.29) is 22.1 Å². The van der Waals surface area contributed by atoms with Gasteiger partial charge in [-0.1, -0.05) is 31.5 Å². The van der Waals surface area contributed by atoms with Crippen molar-refractivity contribution in [2.24, 2.45) is 0 Å². The van der Waals surface area contributed by atoms with Gasteiger partial charge in [0.15, 0.2) is 0 Å². The van der Waals surface area contributed by atoms with E-state index in [2.05, 4.69) is 17.0 Å². The lowest BCUT2D eigenvalue weighted by molar-refractivity contribution is 0.0940. The van der Waals surface area contributed by atoms with E-state index in [4.69, 9.17) is 4.74 Å². The number of amides is 1. The maximum absolute atomic E-state index is 13.7. The summed E-state index contributed by atoms with van der Waals surface area (Å²) >= 11 is 0. The molecule has 2 aromatic rings. The minimum absolute atomic E-state index is 0.119. The monoisotopic (exact) mass is 408 g/mol. The van der Waals surface area contributed by atoms with Gasteiger partial charge in [-0.2, -0.15) is 0 Å². The number of sulfonamides is 1. The van der Waals surface area contributed by atoms with Crippen LogP contribution in [0.2, 0.25) is 0 Å². The summed E-state index contributed by atoms with van der Waals surface area (Å²) in [5.74, 6) is -1.06. The third-order valence-electron chi connectivity index (χ3n) is 3.92. The first-order valence-corrected chi connectivity index (χ1v) is 10.7. The number of unbranched alkanes of at least 4 members (excludes halogenated alkanes) is 1. The summed E-state index contributed by atoms with van der Waals surface area (Å²) in [7, 11) is -4.02. The van der Waals surface area contributed by atoms with E-state index >= 15 is 0 Å². The average Bonchev–Trinajstić information content (AvgIpc) is 2.69. The van der Waals surface area contributed by atoms with Gasteiger partial charge in [-0.15, -0.1) is 0 Å². The molecular formula is C20H25FN2O4S. The lowest BCUT2D eigenvalue weighted by Gasteiger charge is -2.10. The molecule has 0 aromatic heterocycles. The van der Waals surface area contributed by atoms with Gasteiger partial charge in [0.1, 0.15) is 5.82 Å². The fourth-order valence-corrected chi connectivity index (χ4v) is 3.49. The Morgan fingerprint density at radius 2 is 1.82 bits per heavy atom. The number of ether oxygens (including phenoxy) is 1. The molecule has 2 N–H and O–H groups in total. The van der Waals surface area contributed by atoms with Gasteiger partial charge < -0.3 is 10.1 Å². The van der Waals surface area contributed by atoms with Crippen LogP contribution in [0.3, 0.4) is 0 Å². The molecule has 2 aromatic carbocycles. The molecule has 0 atom stereocenters. The van der Waals surface area contributed by atoms with Crippen LogP contribution in [0.5, 0.6) is 0 Å². The highest BCUT2D eigenvalue weighted by Crippen LogP contribution is 2.19. The van der Waals surface area contributed by atoms with Crippen molar-refractivity contribution >= 4 is 21.6 Å². The van der Waals surface area contributed by atoms with Gasteiger partial charge in [0.25, 0.3) is 15.9 Å². The number of halogens is 1. The van der Waals surface area contributed by atoms with Crippen LogP contribution in [-0.4, -0.2) is 34.1 Å². The number of nitrogens with one attached hydrogen (secondary N) is 2. The Morgan fingerprint density at radius 1 is 1.07 bits per heavy atom. The molecule has 0 unspecified atom stereocenters. The molecule has 8 heteroatoms. The largest absolute Gasteiger partial charge is 0.381 e. The van der Waals surface area contributed by atoms with E-state index < -0.39 is 15.8 Å². The Kier molecular flexibility index (Phi) is 8.41. The van der Waals surface area contributed by atoms with Gasteiger partial charge >= 0.3 is 0 Å². The minimum atomic E-state index is -4.02. The molecule has 1 amide bonds. The number of anilines is 1. The first-order chi connectivity index (χ1) is 13.4. The van der Waals surface area contributed by atoms with Gasteiger partial charge in [-0.05, 0) is 43.2 Å². The molecule has 0 spiro atoms. The summed E-state index contributed by atoms with van der Waals surface area (Å²) < 4.78 is 46.3. The van der Waals surface area contributed by atoms with Crippen LogP contribution in [0, 0.1) is 5.82 Å². The molecule has 0 aliphatic rings. The Balaban J connectivity index is 1.95. The van der Waals surface area contributed by atoms with Crippen molar-refractivity contribution in [1.29, 1.82) is 0 Å². The molecule has 0 fully saturated rings. The normalized spacial score (nSPS) is 11.2. The van der Waals surface area contributed by atoms with Gasteiger partial charge in [0.2, 0.25) is 0 Å². The van der Waals surface area contributed by atoms with E-state index in [0.29, 0.717) is 26.2 Å². The summed E-state index contributed by atoms with van der Waals surface area (Å²) in [6, 6.07) is 11.1. The lowest BCUT2D eigenvalue weighted by atomic mass is 10.2. The van der Waals surface area contributed by atoms with Crippen LogP contribution in [0.25, 0.3) is 0 Å². The Bertz CT molecular complexity index is 887. The second-order valence-corrected chi connectivity index (χ2v) is 7.87. The van der Waals surface area contributed by atoms with Gasteiger partial charge in [-0.3, -0.25) is 9.52 Å². The Labute approximate surface area is 165 Å². The molecule has 2 rings (SSSR count). The average molecular weight is 408 g/mol. The summed E-state index contributed by atoms with van der Waals surface area (Å²) in [5, 5.41) is 2.73. The van der Waals surface area contributed by atoms with Gasteiger partial charge in [0.05, 0.1) is 10.6 Å². The molecule has 152 valence electrons. The third kappa shape index (κ3) is 6.61. The van der Waals surface area contributed by atoms with Gasteiger partial charge in [0, 0.05) is 25.3 Å². The highest BCUT2D eigenvalue weighted by molar-refractivity contribution is 7.92. The number of benzene rings is 2. The topological polar surface area (TPSA) is 84.5 Å². The third-order valence-corrected chi connectivity index (χ3v) is 5.28. The standard InChI is InChI=1S/C20H25FN2O4S/c1-2-3-13-27-14-7-12-22-20(24)16-8-6-9-17(15-16)28(25,26)23-19-11-5-4-10-18(19)21/h4-6,8-11,15,23H,2-3,7,12-14H2,1H3,(H,22,24). The van der Waals surface area contributed by atoms with E-state index in [1.807, 2.05) is 0 Å². The summed E-state index contributed by atoms with van der Waals surface area (Å²) in [4.78, 5) is 12.1. The minimum Gasteiger partial charge on any atom is -0.381 e. The lowest BCUT2D eigenvalue weighted by Crippen LogP contribution is -2.25. The molecule has 6 nitrogen and oxygen atoms in total. The molecule has 0 saturated heterocycles. The highest BCUT2D eigenvalue weighted by atomic mass is 32.2. The molecule has 0 saturated carbocycles. The molecular weight excluding hydrogens is 383 g/mol. The van der Waals surface area contributed by atoms with Crippen LogP contribution in [0.4, 0.5) is 10.1 Å². The number of rotatable bonds is 11. The molecule has 0 bridgehead atoms. The van der Waals surface area contributed by atoms with Crippen molar-refractivity contribution in [3.63, 3.8) is 0 Å². The predicted molar refractivity (Wildman–Crippen MR) is 106 cm³/mol. The van der Waals surface area contributed by atoms with E-state index in [0.717, 1.165) is 18.9 Å². The summed E-state index contributed by atoms with van der Waals surface area (Å²) in [6.45, 7) is 3.78. The zero-order chi connectivity index (χ0) is 20.4. The number of hydrogen-bond donors (Lipinski definition) is 2. The maximum atomic E-state index is 13.7. The second kappa shape index (κ2) is 10.8. The van der Waals surface area contributed by atoms with E-state index in [1.54, 1.807) is 0 Å². The van der Waals surface area contributed by atoms with Gasteiger partial charge in [-0.25, -0.2) is 12.8 Å². The van der Waals surface area contributed by atoms with Crippen LogP contribution in [0.1, 0.15) is 36.5 Å². The fraction of sp³-hybridized carbons (Fsp3) is 0.350. The van der Waals surface area contributed by atoms with Crippen molar-refractivity contribution in [1.82, 2.24) is 5.32 Å². The number of hydrogen-bond acceptors (Lipinski definition) is 4. The zero-order valence-electron chi connectivity index (χ0n) is 15.8. The van der Waals surface area contributed by atoms with Crippen molar-refractivity contribution in [2.75, 3.05) is 24.5 Å². The van der Waals surface area contributed by atoms with Crippen LogP contribution >= 0.6 is 0 Å². The molecule has 28 heavy (non-hydrogen) atoms. The second-order valence-electron chi connectivity index (χ2n) is 6.19. The fourth-order valence-electron chi connectivity index (χ4n) is 2.38. The highest BCUT2D eigenvalue weighted by Gasteiger charge is 2.18. The quantitative estimate of drug-likeness (QED) is 0.557. The van der Waals surface area contributed by atoms with Crippen molar-refractivity contribution in [2.45, 2.75) is 31.1 Å². The number of carbonyl (C=O) groups excluding carboxylic acids is 1. The maximum Gasteiger partial charge on any atom is 0.262 e. The number of para-hydroxylation sites is 1. The molecule has 0 radical (unpaired) electrons. The Hall–Kier alpha value is -2.45. The van der Waals surface area contributed by atoms with E-state index in [9.17, 15) is 17.6 Å². The predicted octanol–water partition coefficient (Wildman–Crippen LogP) is 3.56. The van der Waals surface area contributed by atoms with Crippen LogP contribution in [0.15, 0.2) is 53.4 Å². The zero-order valence-corrected chi connectivity index (χ0v) is 16.6. The van der Waals surface area contributed by atoms with Crippen LogP contribution < -0.4 is 10.0 Å². The Morgan fingerprint density at radius 3 is 2.57 bits per heavy atom. The molecule has 0 aliphatic carbocycles. The summed E-state index contributed by atoms with van der Waals surface area (Å²) in [6.07, 6.45) is 2.75. The van der Waals surface area contributed by atoms with Crippen molar-refractivity contribution in [3.05, 3.63) is 59.9 Å². The molecule has 0 heterocycles. The SMILES string of the molecule is CCCCOCCCNC(=O)c1cccc(S(=O)(=O)Nc2ccccc2F)c1. The first-order valence-electron chi connectivity index (χ1n) is 9.17. The van der Waals surface area contributed by atoms with Crippen molar-refractivity contribution in [3.8, 4) is 0 Å². The number of carbonyl (C=O) groups is 1. The molecule has 0 aliphatic heterocycles. The van der Waals surface area contributed by atoms with Crippen LogP contribution in [-0.2, 0) is 14.8 Å². The summed E-state index contributed by atoms with van der Waals surface area (Å²) in [5.41, 5.74) is 0.0590. The van der Waals surface area contributed by atoms with E-state index in [1.165, 1.54) is 42.5 Å².